The summed E-state index contributed by atoms with van der Waals surface area (Å²) >= 11 is 1.85. The van der Waals surface area contributed by atoms with Gasteiger partial charge in [-0.25, -0.2) is 0 Å². The van der Waals surface area contributed by atoms with Gasteiger partial charge in [-0.15, -0.1) is 11.3 Å². The maximum absolute atomic E-state index is 6.79. The van der Waals surface area contributed by atoms with Gasteiger partial charge < -0.3 is 18.3 Å². The first-order chi connectivity index (χ1) is 32.3. The topological polar surface area (TPSA) is 34.5 Å². The molecule has 4 aromatic heterocycles. The summed E-state index contributed by atoms with van der Waals surface area (Å²) in [6, 6.07) is 78.3. The fourth-order valence-corrected chi connectivity index (χ4v) is 11.6. The van der Waals surface area contributed by atoms with Gasteiger partial charge in [-0.1, -0.05) is 152 Å². The van der Waals surface area contributed by atoms with Crippen LogP contribution in [0.1, 0.15) is 0 Å². The van der Waals surface area contributed by atoms with Gasteiger partial charge in [0.2, 0.25) is 0 Å². The van der Waals surface area contributed by atoms with E-state index in [1.165, 1.54) is 25.6 Å². The van der Waals surface area contributed by atoms with Crippen molar-refractivity contribution in [2.45, 2.75) is 0 Å². The van der Waals surface area contributed by atoms with Crippen molar-refractivity contribution in [1.29, 1.82) is 0 Å². The number of hydrogen-bond acceptors (Lipinski definition) is 4. The van der Waals surface area contributed by atoms with Crippen molar-refractivity contribution in [3.05, 3.63) is 218 Å². The third-order valence-corrected chi connectivity index (χ3v) is 14.4. The average molecular weight is 849 g/mol. The zero-order valence-electron chi connectivity index (χ0n) is 34.9. The lowest BCUT2D eigenvalue weighted by Gasteiger charge is -2.26. The molecule has 4 nitrogen and oxygen atoms in total. The highest BCUT2D eigenvalue weighted by Gasteiger charge is 2.26. The number of nitrogens with zero attached hydrogens (tertiary/aromatic N) is 2. The van der Waals surface area contributed by atoms with Crippen molar-refractivity contribution >= 4 is 114 Å². The SMILES string of the molecule is c1ccc(-c2c3c(cc4c2c2cccc(-c5cccc6c5oc5ccccc56)c2n4-c2ccc(N(c4ccccc4)c4cccc5c4sc4ccccc45)cc2)oc2ccccc23)cc1. The van der Waals surface area contributed by atoms with E-state index in [4.69, 9.17) is 8.83 Å². The molecule has 0 saturated heterocycles. The lowest BCUT2D eigenvalue weighted by atomic mass is 9.93. The summed E-state index contributed by atoms with van der Waals surface area (Å²) < 4.78 is 18.5. The maximum atomic E-state index is 6.79. The number of anilines is 3. The van der Waals surface area contributed by atoms with Crippen LogP contribution in [0, 0.1) is 0 Å². The number of para-hydroxylation sites is 5. The summed E-state index contributed by atoms with van der Waals surface area (Å²) in [7, 11) is 0. The van der Waals surface area contributed by atoms with Gasteiger partial charge in [0, 0.05) is 87.6 Å². The molecule has 14 rings (SSSR count). The predicted octanol–water partition coefficient (Wildman–Crippen LogP) is 17.8. The molecule has 0 radical (unpaired) electrons. The van der Waals surface area contributed by atoms with Crippen molar-refractivity contribution in [1.82, 2.24) is 4.57 Å². The molecule has 10 aromatic carbocycles. The summed E-state index contributed by atoms with van der Waals surface area (Å²) in [6.07, 6.45) is 0. The minimum Gasteiger partial charge on any atom is -0.456 e. The molecule has 0 aliphatic carbocycles. The lowest BCUT2D eigenvalue weighted by molar-refractivity contribution is 0.669. The van der Waals surface area contributed by atoms with E-state index in [0.29, 0.717) is 0 Å². The fraction of sp³-hybridized carbons (Fsp3) is 0. The molecule has 65 heavy (non-hydrogen) atoms. The fourth-order valence-electron chi connectivity index (χ4n) is 10.4. The van der Waals surface area contributed by atoms with E-state index in [-0.39, 0.29) is 0 Å². The number of rotatable bonds is 6. The first kappa shape index (κ1) is 36.1. The molecule has 0 N–H and O–H groups in total. The van der Waals surface area contributed by atoms with Crippen molar-refractivity contribution in [2.24, 2.45) is 0 Å². The average Bonchev–Trinajstić information content (AvgIpc) is 4.14. The van der Waals surface area contributed by atoms with Gasteiger partial charge in [-0.3, -0.25) is 0 Å². The summed E-state index contributed by atoms with van der Waals surface area (Å²) in [6.45, 7) is 0. The second-order valence-corrected chi connectivity index (χ2v) is 17.8. The molecule has 0 saturated carbocycles. The normalized spacial score (nSPS) is 12.0. The summed E-state index contributed by atoms with van der Waals surface area (Å²) in [5, 5.41) is 9.32. The van der Waals surface area contributed by atoms with E-state index in [1.54, 1.807) is 0 Å². The molecule has 0 aliphatic rings. The van der Waals surface area contributed by atoms with Gasteiger partial charge in [0.05, 0.1) is 21.4 Å². The maximum Gasteiger partial charge on any atom is 0.143 e. The van der Waals surface area contributed by atoms with Crippen LogP contribution in [-0.4, -0.2) is 4.57 Å². The molecule has 0 spiro atoms. The number of thiophene rings is 1. The molecule has 5 heteroatoms. The standard InChI is InChI=1S/C60H36N2O2S/c1-3-16-37(17-4-1)55-56-48-27-13-23-43(45-25-14-24-44-41-20-7-10-29-51(41)64-59(44)45)58(48)62(50(56)36-53-57(55)47-22-8-11-30-52(47)63-53)40-34-32-39(33-35-40)61(38-18-5-2-6-19-38)49-28-15-26-46-42-21-9-12-31-54(42)65-60(46)49/h1-36H. The Morgan fingerprint density at radius 2 is 1.03 bits per heavy atom. The van der Waals surface area contributed by atoms with Crippen LogP contribution in [-0.2, 0) is 0 Å². The van der Waals surface area contributed by atoms with Crippen molar-refractivity contribution in [3.63, 3.8) is 0 Å². The smallest absolute Gasteiger partial charge is 0.143 e. The highest BCUT2D eigenvalue weighted by Crippen LogP contribution is 2.50. The summed E-state index contributed by atoms with van der Waals surface area (Å²) in [5.74, 6) is 0. The van der Waals surface area contributed by atoms with Crippen LogP contribution in [0.3, 0.4) is 0 Å². The molecule has 0 aliphatic heterocycles. The number of fused-ring (bicyclic) bond motifs is 12. The molecule has 0 bridgehead atoms. The molecule has 304 valence electrons. The van der Waals surface area contributed by atoms with Gasteiger partial charge in [-0.05, 0) is 66.2 Å². The van der Waals surface area contributed by atoms with Gasteiger partial charge in [0.1, 0.15) is 22.3 Å². The van der Waals surface area contributed by atoms with Crippen molar-refractivity contribution in [2.75, 3.05) is 4.90 Å². The van der Waals surface area contributed by atoms with E-state index < -0.39 is 0 Å². The van der Waals surface area contributed by atoms with Crippen LogP contribution >= 0.6 is 11.3 Å². The van der Waals surface area contributed by atoms with E-state index in [2.05, 4.69) is 222 Å². The highest BCUT2D eigenvalue weighted by molar-refractivity contribution is 7.26. The van der Waals surface area contributed by atoms with E-state index in [0.717, 1.165) is 105 Å². The lowest BCUT2D eigenvalue weighted by Crippen LogP contribution is -2.10. The van der Waals surface area contributed by atoms with Crippen LogP contribution in [0.15, 0.2) is 227 Å². The first-order valence-electron chi connectivity index (χ1n) is 22.0. The van der Waals surface area contributed by atoms with E-state index >= 15 is 0 Å². The Kier molecular flexibility index (Phi) is 7.82. The Balaban J connectivity index is 1.07. The Morgan fingerprint density at radius 3 is 1.85 bits per heavy atom. The van der Waals surface area contributed by atoms with Crippen LogP contribution in [0.4, 0.5) is 17.1 Å². The Morgan fingerprint density at radius 1 is 0.415 bits per heavy atom. The molecule has 0 amide bonds. The van der Waals surface area contributed by atoms with Crippen LogP contribution in [0.5, 0.6) is 0 Å². The number of aromatic nitrogens is 1. The second-order valence-electron chi connectivity index (χ2n) is 16.7. The molecule has 0 unspecified atom stereocenters. The van der Waals surface area contributed by atoms with E-state index in [9.17, 15) is 0 Å². The third-order valence-electron chi connectivity index (χ3n) is 13.2. The number of benzene rings is 10. The Bertz CT molecular complexity index is 4180. The molecular formula is C60H36N2O2S. The monoisotopic (exact) mass is 848 g/mol. The zero-order chi connectivity index (χ0) is 42.6. The molecule has 4 heterocycles. The van der Waals surface area contributed by atoms with E-state index in [1.807, 2.05) is 17.4 Å². The quantitative estimate of drug-likeness (QED) is 0.167. The van der Waals surface area contributed by atoms with Gasteiger partial charge in [0.25, 0.3) is 0 Å². The molecular weight excluding hydrogens is 813 g/mol. The predicted molar refractivity (Wildman–Crippen MR) is 274 cm³/mol. The third kappa shape index (κ3) is 5.37. The van der Waals surface area contributed by atoms with Crippen LogP contribution in [0.25, 0.3) is 114 Å². The minimum absolute atomic E-state index is 0.853. The molecule has 0 atom stereocenters. The number of furan rings is 2. The summed E-state index contributed by atoms with van der Waals surface area (Å²) in [5.41, 5.74) is 14.5. The highest BCUT2D eigenvalue weighted by atomic mass is 32.1. The van der Waals surface area contributed by atoms with Gasteiger partial charge >= 0.3 is 0 Å². The molecule has 0 fully saturated rings. The van der Waals surface area contributed by atoms with Gasteiger partial charge in [0.15, 0.2) is 0 Å². The van der Waals surface area contributed by atoms with Crippen LogP contribution in [0.2, 0.25) is 0 Å². The Labute approximate surface area is 377 Å². The zero-order valence-corrected chi connectivity index (χ0v) is 35.7. The minimum atomic E-state index is 0.853. The van der Waals surface area contributed by atoms with Crippen molar-refractivity contribution in [3.8, 4) is 27.9 Å². The second kappa shape index (κ2) is 14.1. The molecule has 14 aromatic rings. The van der Waals surface area contributed by atoms with Crippen LogP contribution < -0.4 is 4.90 Å². The van der Waals surface area contributed by atoms with Crippen molar-refractivity contribution < 1.29 is 8.83 Å². The number of hydrogen-bond donors (Lipinski definition) is 0. The van der Waals surface area contributed by atoms with Gasteiger partial charge in [-0.2, -0.15) is 0 Å². The first-order valence-corrected chi connectivity index (χ1v) is 22.8. The summed E-state index contributed by atoms with van der Waals surface area (Å²) in [4.78, 5) is 2.40. The largest absolute Gasteiger partial charge is 0.456 e. The Hall–Kier alpha value is -8.38.